The standard InChI is InChI=1S/C18H25NO5/c1-13-3-5-15(6-4-13)24-11-16(20)19-12-18(22)9-7-14(8-10-18)17(21)23-2/h3-6,14,22H,7-12H2,1-2H3,(H,19,20). The molecule has 0 bridgehead atoms. The van der Waals surface area contributed by atoms with Crippen molar-refractivity contribution in [2.45, 2.75) is 38.2 Å². The molecule has 132 valence electrons. The van der Waals surface area contributed by atoms with E-state index in [1.54, 1.807) is 0 Å². The normalized spacial score (nSPS) is 23.4. The zero-order valence-corrected chi connectivity index (χ0v) is 14.2. The van der Waals surface area contributed by atoms with Gasteiger partial charge < -0.3 is 19.9 Å². The summed E-state index contributed by atoms with van der Waals surface area (Å²) >= 11 is 0. The van der Waals surface area contributed by atoms with Crippen molar-refractivity contribution in [3.63, 3.8) is 0 Å². The number of methoxy groups -OCH3 is 1. The van der Waals surface area contributed by atoms with Crippen LogP contribution in [0.1, 0.15) is 31.2 Å². The van der Waals surface area contributed by atoms with Crippen molar-refractivity contribution < 1.29 is 24.2 Å². The fraction of sp³-hybridized carbons (Fsp3) is 0.556. The van der Waals surface area contributed by atoms with E-state index in [2.05, 4.69) is 5.32 Å². The number of nitrogens with one attached hydrogen (secondary N) is 1. The summed E-state index contributed by atoms with van der Waals surface area (Å²) in [7, 11) is 1.37. The first-order valence-electron chi connectivity index (χ1n) is 8.18. The van der Waals surface area contributed by atoms with Crippen molar-refractivity contribution in [2.24, 2.45) is 5.92 Å². The van der Waals surface area contributed by atoms with Crippen LogP contribution in [0, 0.1) is 12.8 Å². The minimum absolute atomic E-state index is 0.0933. The Morgan fingerprint density at radius 2 is 1.88 bits per heavy atom. The Labute approximate surface area is 142 Å². The molecule has 0 heterocycles. The molecule has 0 spiro atoms. The van der Waals surface area contributed by atoms with Gasteiger partial charge in [-0.3, -0.25) is 9.59 Å². The molecule has 1 fully saturated rings. The second kappa shape index (κ2) is 8.15. The maximum atomic E-state index is 11.9. The zero-order valence-electron chi connectivity index (χ0n) is 14.2. The first-order valence-corrected chi connectivity index (χ1v) is 8.18. The van der Waals surface area contributed by atoms with E-state index in [4.69, 9.17) is 9.47 Å². The Bertz CT molecular complexity index is 561. The summed E-state index contributed by atoms with van der Waals surface area (Å²) in [5, 5.41) is 13.2. The van der Waals surface area contributed by atoms with E-state index in [1.807, 2.05) is 31.2 Å². The smallest absolute Gasteiger partial charge is 0.308 e. The number of aryl methyl sites for hydroxylation is 1. The minimum atomic E-state index is -0.968. The molecule has 0 atom stereocenters. The van der Waals surface area contributed by atoms with Crippen LogP contribution < -0.4 is 10.1 Å². The Morgan fingerprint density at radius 1 is 1.25 bits per heavy atom. The second-order valence-corrected chi connectivity index (χ2v) is 6.40. The fourth-order valence-electron chi connectivity index (χ4n) is 2.83. The first kappa shape index (κ1) is 18.3. The predicted octanol–water partition coefficient (Wildman–Crippen LogP) is 1.58. The summed E-state index contributed by atoms with van der Waals surface area (Å²) in [6, 6.07) is 7.44. The maximum absolute atomic E-state index is 11.9. The van der Waals surface area contributed by atoms with Gasteiger partial charge in [0.05, 0.1) is 18.6 Å². The monoisotopic (exact) mass is 335 g/mol. The number of esters is 1. The van der Waals surface area contributed by atoms with Gasteiger partial charge in [0.15, 0.2) is 6.61 Å². The van der Waals surface area contributed by atoms with Crippen molar-refractivity contribution in [1.29, 1.82) is 0 Å². The van der Waals surface area contributed by atoms with Crippen molar-refractivity contribution in [1.82, 2.24) is 5.32 Å². The lowest BCUT2D eigenvalue weighted by Gasteiger charge is -2.35. The number of rotatable bonds is 6. The maximum Gasteiger partial charge on any atom is 0.308 e. The molecule has 2 rings (SSSR count). The van der Waals surface area contributed by atoms with Crippen LogP contribution >= 0.6 is 0 Å². The van der Waals surface area contributed by atoms with E-state index in [0.717, 1.165) is 5.56 Å². The topological polar surface area (TPSA) is 84.9 Å². The van der Waals surface area contributed by atoms with Crippen LogP contribution in [0.3, 0.4) is 0 Å². The van der Waals surface area contributed by atoms with Gasteiger partial charge in [-0.25, -0.2) is 0 Å². The SMILES string of the molecule is COC(=O)C1CCC(O)(CNC(=O)COc2ccc(C)cc2)CC1. The minimum Gasteiger partial charge on any atom is -0.484 e. The van der Waals surface area contributed by atoms with Gasteiger partial charge in [0, 0.05) is 6.54 Å². The average Bonchev–Trinajstić information content (AvgIpc) is 2.59. The van der Waals surface area contributed by atoms with Gasteiger partial charge in [-0.05, 0) is 44.7 Å². The lowest BCUT2D eigenvalue weighted by atomic mass is 9.79. The Kier molecular flexibility index (Phi) is 6.20. The van der Waals surface area contributed by atoms with Crippen molar-refractivity contribution >= 4 is 11.9 Å². The third-order valence-corrected chi connectivity index (χ3v) is 4.46. The zero-order chi connectivity index (χ0) is 17.6. The lowest BCUT2D eigenvalue weighted by Crippen LogP contribution is -2.47. The molecule has 0 saturated heterocycles. The Hall–Kier alpha value is -2.08. The second-order valence-electron chi connectivity index (χ2n) is 6.40. The molecule has 6 nitrogen and oxygen atoms in total. The summed E-state index contributed by atoms with van der Waals surface area (Å²) in [4.78, 5) is 23.4. The summed E-state index contributed by atoms with van der Waals surface area (Å²) in [6.07, 6.45) is 2.07. The van der Waals surface area contributed by atoms with Gasteiger partial charge in [-0.1, -0.05) is 17.7 Å². The van der Waals surface area contributed by atoms with E-state index in [9.17, 15) is 14.7 Å². The number of hydrogen-bond acceptors (Lipinski definition) is 5. The molecule has 0 radical (unpaired) electrons. The van der Waals surface area contributed by atoms with Crippen molar-refractivity contribution in [3.05, 3.63) is 29.8 Å². The molecular weight excluding hydrogens is 310 g/mol. The summed E-state index contributed by atoms with van der Waals surface area (Å²) in [6.45, 7) is 2.05. The summed E-state index contributed by atoms with van der Waals surface area (Å²) in [5.41, 5.74) is 0.154. The van der Waals surface area contributed by atoms with E-state index in [-0.39, 0.29) is 30.9 Å². The van der Waals surface area contributed by atoms with Crippen LogP contribution in [-0.2, 0) is 14.3 Å². The van der Waals surface area contributed by atoms with Crippen LogP contribution in [0.5, 0.6) is 5.75 Å². The van der Waals surface area contributed by atoms with Gasteiger partial charge in [0.25, 0.3) is 5.91 Å². The molecule has 24 heavy (non-hydrogen) atoms. The molecule has 0 aromatic heterocycles. The third kappa shape index (κ3) is 5.23. The number of aliphatic hydroxyl groups is 1. The Balaban J connectivity index is 1.71. The number of carbonyl (C=O) groups is 2. The molecule has 1 saturated carbocycles. The number of hydrogen-bond donors (Lipinski definition) is 2. The van der Waals surface area contributed by atoms with Crippen LogP contribution in [0.2, 0.25) is 0 Å². The van der Waals surface area contributed by atoms with E-state index < -0.39 is 5.60 Å². The number of carbonyl (C=O) groups excluding carboxylic acids is 2. The fourth-order valence-corrected chi connectivity index (χ4v) is 2.83. The van der Waals surface area contributed by atoms with Gasteiger partial charge in [0.1, 0.15) is 5.75 Å². The number of ether oxygens (including phenoxy) is 2. The van der Waals surface area contributed by atoms with Crippen LogP contribution in [0.15, 0.2) is 24.3 Å². The molecular formula is C18H25NO5. The molecule has 2 N–H and O–H groups in total. The molecule has 0 unspecified atom stereocenters. The highest BCUT2D eigenvalue weighted by molar-refractivity contribution is 5.77. The molecule has 1 aliphatic rings. The third-order valence-electron chi connectivity index (χ3n) is 4.46. The van der Waals surface area contributed by atoms with Crippen LogP contribution in [0.4, 0.5) is 0 Å². The molecule has 0 aliphatic heterocycles. The van der Waals surface area contributed by atoms with Gasteiger partial charge >= 0.3 is 5.97 Å². The highest BCUT2D eigenvalue weighted by atomic mass is 16.5. The average molecular weight is 335 g/mol. The molecule has 1 aromatic carbocycles. The van der Waals surface area contributed by atoms with Gasteiger partial charge in [-0.2, -0.15) is 0 Å². The van der Waals surface area contributed by atoms with Crippen molar-refractivity contribution in [2.75, 3.05) is 20.3 Å². The number of benzene rings is 1. The van der Waals surface area contributed by atoms with Gasteiger partial charge in [0.2, 0.25) is 0 Å². The molecule has 1 aliphatic carbocycles. The highest BCUT2D eigenvalue weighted by Crippen LogP contribution is 2.32. The Morgan fingerprint density at radius 3 is 2.46 bits per heavy atom. The number of amides is 1. The van der Waals surface area contributed by atoms with Crippen LogP contribution in [0.25, 0.3) is 0 Å². The van der Waals surface area contributed by atoms with E-state index >= 15 is 0 Å². The molecule has 6 heteroatoms. The van der Waals surface area contributed by atoms with Gasteiger partial charge in [-0.15, -0.1) is 0 Å². The van der Waals surface area contributed by atoms with Crippen LogP contribution in [-0.4, -0.2) is 42.8 Å². The summed E-state index contributed by atoms with van der Waals surface area (Å²) < 4.78 is 10.1. The molecule has 1 amide bonds. The lowest BCUT2D eigenvalue weighted by molar-refractivity contribution is -0.148. The quantitative estimate of drug-likeness (QED) is 0.771. The largest absolute Gasteiger partial charge is 0.484 e. The van der Waals surface area contributed by atoms with Crippen molar-refractivity contribution in [3.8, 4) is 5.75 Å². The highest BCUT2D eigenvalue weighted by Gasteiger charge is 2.36. The van der Waals surface area contributed by atoms with E-state index in [1.165, 1.54) is 7.11 Å². The van der Waals surface area contributed by atoms with E-state index in [0.29, 0.717) is 31.4 Å². The summed E-state index contributed by atoms with van der Waals surface area (Å²) in [5.74, 6) is -0.0319. The predicted molar refractivity (Wildman–Crippen MR) is 88.6 cm³/mol. The molecule has 1 aromatic rings. The first-order chi connectivity index (χ1) is 11.4.